The molecule has 116 valence electrons. The van der Waals surface area contributed by atoms with E-state index in [4.69, 9.17) is 4.74 Å². The monoisotopic (exact) mass is 301 g/mol. The Morgan fingerprint density at radius 3 is 2.62 bits per heavy atom. The smallest absolute Gasteiger partial charge is 0.438 e. The Hall–Kier alpha value is -1.89. The summed E-state index contributed by atoms with van der Waals surface area (Å²) in [5.41, 5.74) is 0.974. The summed E-state index contributed by atoms with van der Waals surface area (Å²) >= 11 is 0. The predicted molar refractivity (Wildman–Crippen MR) is 70.6 cm³/mol. The van der Waals surface area contributed by atoms with E-state index in [1.807, 2.05) is 0 Å². The van der Waals surface area contributed by atoms with Crippen LogP contribution < -0.4 is 10.1 Å². The lowest BCUT2D eigenvalue weighted by Gasteiger charge is -2.29. The van der Waals surface area contributed by atoms with Crippen LogP contribution in [0.5, 0.6) is 5.75 Å². The lowest BCUT2D eigenvalue weighted by molar-refractivity contribution is -0.0498. The highest BCUT2D eigenvalue weighted by Crippen LogP contribution is 2.27. The van der Waals surface area contributed by atoms with Crippen LogP contribution >= 0.6 is 0 Å². The second kappa shape index (κ2) is 7.21. The molecule has 0 saturated carbocycles. The minimum atomic E-state index is -2.83. The van der Waals surface area contributed by atoms with Gasteiger partial charge in [-0.1, -0.05) is 12.1 Å². The van der Waals surface area contributed by atoms with Crippen LogP contribution in [0.1, 0.15) is 17.9 Å². The minimum Gasteiger partial charge on any atom is -0.438 e. The van der Waals surface area contributed by atoms with E-state index in [-0.39, 0.29) is 17.8 Å². The topological polar surface area (TPSA) is 56.8 Å². The van der Waals surface area contributed by atoms with Crippen LogP contribution in [0.15, 0.2) is 24.3 Å². The molecule has 2 atom stereocenters. The molecule has 1 saturated heterocycles. The van der Waals surface area contributed by atoms with E-state index in [2.05, 4.69) is 14.8 Å². The van der Waals surface area contributed by atoms with Gasteiger partial charge in [0.15, 0.2) is 0 Å². The largest absolute Gasteiger partial charge is 0.508 e. The summed E-state index contributed by atoms with van der Waals surface area (Å²) in [4.78, 5) is 11.1. The van der Waals surface area contributed by atoms with Gasteiger partial charge in [0, 0.05) is 13.1 Å². The van der Waals surface area contributed by atoms with Gasteiger partial charge < -0.3 is 19.5 Å². The number of piperidine rings is 1. The minimum absolute atomic E-state index is 0.125. The van der Waals surface area contributed by atoms with E-state index in [1.165, 1.54) is 19.2 Å². The molecule has 0 aliphatic carbocycles. The summed E-state index contributed by atoms with van der Waals surface area (Å²) in [6.07, 6.45) is -0.326. The average molecular weight is 301 g/mol. The van der Waals surface area contributed by atoms with Gasteiger partial charge in [-0.2, -0.15) is 8.78 Å². The fourth-order valence-electron chi connectivity index (χ4n) is 2.35. The number of hydrogen-bond donors (Lipinski definition) is 1. The second-order valence-electron chi connectivity index (χ2n) is 4.73. The summed E-state index contributed by atoms with van der Waals surface area (Å²) in [6, 6.07) is 6.49. The van der Waals surface area contributed by atoms with E-state index < -0.39 is 12.8 Å². The molecule has 0 amide bonds. The van der Waals surface area contributed by atoms with Gasteiger partial charge in [-0.05, 0) is 30.0 Å². The number of ether oxygens (including phenoxy) is 3. The van der Waals surface area contributed by atoms with Gasteiger partial charge in [0.25, 0.3) is 0 Å². The van der Waals surface area contributed by atoms with Crippen molar-refractivity contribution in [2.45, 2.75) is 25.1 Å². The van der Waals surface area contributed by atoms with E-state index in [1.54, 1.807) is 12.1 Å². The number of alkyl halides is 2. The van der Waals surface area contributed by atoms with Gasteiger partial charge >= 0.3 is 12.8 Å². The molecule has 2 rings (SSSR count). The summed E-state index contributed by atoms with van der Waals surface area (Å²) in [7, 11) is 1.26. The first-order chi connectivity index (χ1) is 10.1. The van der Waals surface area contributed by atoms with Gasteiger partial charge in [-0.25, -0.2) is 4.79 Å². The summed E-state index contributed by atoms with van der Waals surface area (Å²) < 4.78 is 38.1. The van der Waals surface area contributed by atoms with Crippen molar-refractivity contribution >= 4 is 6.16 Å². The summed E-state index contributed by atoms with van der Waals surface area (Å²) in [5.74, 6) is 0.258. The van der Waals surface area contributed by atoms with E-state index >= 15 is 0 Å². The van der Waals surface area contributed by atoms with E-state index in [0.29, 0.717) is 13.0 Å². The van der Waals surface area contributed by atoms with Crippen LogP contribution in [0, 0.1) is 0 Å². The number of hydrogen-bond acceptors (Lipinski definition) is 5. The molecule has 1 aliphatic heterocycles. The highest BCUT2D eigenvalue weighted by atomic mass is 19.3. The molecule has 1 N–H and O–H groups in total. The summed E-state index contributed by atoms with van der Waals surface area (Å²) in [5, 5.41) is 3.18. The molecular weight excluding hydrogens is 284 g/mol. The normalized spacial score (nSPS) is 21.9. The van der Waals surface area contributed by atoms with Gasteiger partial charge in [0.2, 0.25) is 0 Å². The maximum absolute atomic E-state index is 12.1. The number of carbonyl (C=O) groups excluding carboxylic acids is 1. The summed E-state index contributed by atoms with van der Waals surface area (Å²) in [6.45, 7) is -1.53. The van der Waals surface area contributed by atoms with E-state index in [9.17, 15) is 13.6 Å². The fraction of sp³-hybridized carbons (Fsp3) is 0.500. The standard InChI is InChI=1S/C14H17F2NO4/c1-19-14(18)21-12-6-10(7-17-8-12)9-2-4-11(5-3-9)20-13(15)16/h2-5,10,12-13,17H,6-8H2,1H3. The molecule has 1 aromatic rings. The second-order valence-corrected chi connectivity index (χ2v) is 4.73. The van der Waals surface area contributed by atoms with Gasteiger partial charge in [0.05, 0.1) is 7.11 Å². The maximum atomic E-state index is 12.1. The Bertz CT molecular complexity index is 467. The number of nitrogens with one attached hydrogen (secondary N) is 1. The first-order valence-electron chi connectivity index (χ1n) is 6.58. The molecule has 0 spiro atoms. The number of benzene rings is 1. The van der Waals surface area contributed by atoms with Gasteiger partial charge in [0.1, 0.15) is 11.9 Å². The predicted octanol–water partition coefficient (Wildman–Crippen LogP) is 2.52. The number of methoxy groups -OCH3 is 1. The van der Waals surface area contributed by atoms with Crippen molar-refractivity contribution < 1.29 is 27.8 Å². The number of carbonyl (C=O) groups is 1. The maximum Gasteiger partial charge on any atom is 0.508 e. The molecule has 2 unspecified atom stereocenters. The van der Waals surface area contributed by atoms with Crippen LogP contribution in [0.2, 0.25) is 0 Å². The Balaban J connectivity index is 1.95. The lowest BCUT2D eigenvalue weighted by atomic mass is 9.90. The fourth-order valence-corrected chi connectivity index (χ4v) is 2.35. The van der Waals surface area contributed by atoms with Crippen molar-refractivity contribution in [1.29, 1.82) is 0 Å². The Morgan fingerprint density at radius 1 is 1.29 bits per heavy atom. The van der Waals surface area contributed by atoms with Crippen LogP contribution in [-0.2, 0) is 9.47 Å². The third-order valence-corrected chi connectivity index (χ3v) is 3.32. The highest BCUT2D eigenvalue weighted by molar-refractivity contribution is 5.59. The van der Waals surface area contributed by atoms with E-state index in [0.717, 1.165) is 12.1 Å². The van der Waals surface area contributed by atoms with Crippen molar-refractivity contribution in [3.8, 4) is 5.75 Å². The van der Waals surface area contributed by atoms with Crippen molar-refractivity contribution in [3.63, 3.8) is 0 Å². The van der Waals surface area contributed by atoms with Crippen molar-refractivity contribution in [1.82, 2.24) is 5.32 Å². The average Bonchev–Trinajstić information content (AvgIpc) is 2.47. The molecule has 1 fully saturated rings. The quantitative estimate of drug-likeness (QED) is 0.866. The molecule has 21 heavy (non-hydrogen) atoms. The van der Waals surface area contributed by atoms with Gasteiger partial charge in [-0.15, -0.1) is 0 Å². The molecule has 1 aromatic carbocycles. The Morgan fingerprint density at radius 2 is 2.00 bits per heavy atom. The Kier molecular flexibility index (Phi) is 5.32. The first-order valence-corrected chi connectivity index (χ1v) is 6.58. The van der Waals surface area contributed by atoms with Crippen LogP contribution in [0.4, 0.5) is 13.6 Å². The van der Waals surface area contributed by atoms with Gasteiger partial charge in [-0.3, -0.25) is 0 Å². The zero-order valence-corrected chi connectivity index (χ0v) is 11.6. The number of halogens is 2. The van der Waals surface area contributed by atoms with Crippen LogP contribution in [0.3, 0.4) is 0 Å². The molecule has 7 heteroatoms. The molecule has 1 aliphatic rings. The third kappa shape index (κ3) is 4.56. The Labute approximate surface area is 121 Å². The molecule has 0 radical (unpaired) electrons. The zero-order valence-electron chi connectivity index (χ0n) is 11.6. The highest BCUT2D eigenvalue weighted by Gasteiger charge is 2.26. The van der Waals surface area contributed by atoms with Crippen molar-refractivity contribution in [3.05, 3.63) is 29.8 Å². The molecule has 0 aromatic heterocycles. The first kappa shape index (κ1) is 15.5. The third-order valence-electron chi connectivity index (χ3n) is 3.32. The molecule has 5 nitrogen and oxygen atoms in total. The van der Waals surface area contributed by atoms with Crippen molar-refractivity contribution in [2.75, 3.05) is 20.2 Å². The molecule has 0 bridgehead atoms. The lowest BCUT2D eigenvalue weighted by Crippen LogP contribution is -2.40. The molecular formula is C14H17F2NO4. The van der Waals surface area contributed by atoms with Crippen LogP contribution in [-0.4, -0.2) is 39.1 Å². The zero-order chi connectivity index (χ0) is 15.2. The SMILES string of the molecule is COC(=O)OC1CNCC(c2ccc(OC(F)F)cc2)C1. The molecule has 1 heterocycles. The van der Waals surface area contributed by atoms with Crippen molar-refractivity contribution in [2.24, 2.45) is 0 Å². The van der Waals surface area contributed by atoms with Crippen LogP contribution in [0.25, 0.3) is 0 Å². The number of rotatable bonds is 4.